The monoisotopic (exact) mass is 315 g/mol. The normalized spacial score (nSPS) is 11.7. The van der Waals surface area contributed by atoms with Gasteiger partial charge in [-0.25, -0.2) is 9.97 Å². The molecule has 18 heavy (non-hydrogen) atoms. The number of aryl methyl sites for hydroxylation is 1. The average molecular weight is 316 g/mol. The van der Waals surface area contributed by atoms with Gasteiger partial charge in [0.15, 0.2) is 5.82 Å². The smallest absolute Gasteiger partial charge is 0.162 e. The van der Waals surface area contributed by atoms with E-state index >= 15 is 0 Å². The van der Waals surface area contributed by atoms with Crippen LogP contribution in [0.15, 0.2) is 4.47 Å². The van der Waals surface area contributed by atoms with Crippen LogP contribution in [0.25, 0.3) is 0 Å². The fourth-order valence-electron chi connectivity index (χ4n) is 2.04. The maximum atomic E-state index is 5.69. The quantitative estimate of drug-likeness (QED) is 0.872. The van der Waals surface area contributed by atoms with E-state index in [-0.39, 0.29) is 0 Å². The van der Waals surface area contributed by atoms with Crippen molar-refractivity contribution in [2.45, 2.75) is 45.6 Å². The number of aromatic nitrogens is 2. The molecule has 0 atom stereocenters. The average Bonchev–Trinajstić information content (AvgIpc) is 2.42. The fourth-order valence-corrected chi connectivity index (χ4v) is 2.70. The summed E-state index contributed by atoms with van der Waals surface area (Å²) in [6, 6.07) is 0. The van der Waals surface area contributed by atoms with Gasteiger partial charge in [0.25, 0.3) is 0 Å². The molecule has 0 radical (unpaired) electrons. The van der Waals surface area contributed by atoms with Gasteiger partial charge in [-0.3, -0.25) is 0 Å². The van der Waals surface area contributed by atoms with Crippen molar-refractivity contribution in [1.29, 1.82) is 0 Å². The van der Waals surface area contributed by atoms with Crippen LogP contribution in [0.2, 0.25) is 0 Å². The van der Waals surface area contributed by atoms with Crippen molar-refractivity contribution in [3.05, 3.63) is 16.0 Å². The molecule has 0 amide bonds. The SMILES string of the molecule is CCc1nc(C(CC)(CC)OC)nc(NC)c1Br. The molecule has 0 aliphatic carbocycles. The predicted octanol–water partition coefficient (Wildman–Crippen LogP) is 3.50. The minimum Gasteiger partial charge on any atom is -0.372 e. The molecule has 1 N–H and O–H groups in total. The number of hydrogen-bond acceptors (Lipinski definition) is 4. The second-order valence-electron chi connectivity index (χ2n) is 4.17. The molecule has 0 aliphatic heterocycles. The van der Waals surface area contributed by atoms with Gasteiger partial charge in [-0.1, -0.05) is 20.8 Å². The van der Waals surface area contributed by atoms with Gasteiger partial charge < -0.3 is 10.1 Å². The van der Waals surface area contributed by atoms with Crippen molar-refractivity contribution in [1.82, 2.24) is 9.97 Å². The summed E-state index contributed by atoms with van der Waals surface area (Å²) in [6.07, 6.45) is 2.57. The molecule has 0 spiro atoms. The number of nitrogens with zero attached hydrogens (tertiary/aromatic N) is 2. The molecule has 4 nitrogen and oxygen atoms in total. The predicted molar refractivity (Wildman–Crippen MR) is 77.9 cm³/mol. The topological polar surface area (TPSA) is 47.0 Å². The zero-order chi connectivity index (χ0) is 13.8. The van der Waals surface area contributed by atoms with E-state index < -0.39 is 5.60 Å². The highest BCUT2D eigenvalue weighted by Gasteiger charge is 2.32. The molecule has 1 aromatic rings. The lowest BCUT2D eigenvalue weighted by molar-refractivity contribution is -0.0292. The first kappa shape index (κ1) is 15.4. The van der Waals surface area contributed by atoms with E-state index in [1.165, 1.54) is 0 Å². The molecule has 0 unspecified atom stereocenters. The van der Waals surface area contributed by atoms with Crippen LogP contribution in [0.4, 0.5) is 5.82 Å². The highest BCUT2D eigenvalue weighted by atomic mass is 79.9. The maximum absolute atomic E-state index is 5.69. The van der Waals surface area contributed by atoms with Crippen LogP contribution in [0.1, 0.15) is 45.1 Å². The van der Waals surface area contributed by atoms with E-state index in [1.807, 2.05) is 7.05 Å². The lowest BCUT2D eigenvalue weighted by Crippen LogP contribution is -2.30. The van der Waals surface area contributed by atoms with Crippen LogP contribution < -0.4 is 5.32 Å². The van der Waals surface area contributed by atoms with Crippen molar-refractivity contribution in [2.24, 2.45) is 0 Å². The zero-order valence-electron chi connectivity index (χ0n) is 11.8. The van der Waals surface area contributed by atoms with Crippen molar-refractivity contribution in [2.75, 3.05) is 19.5 Å². The molecular formula is C13H22BrN3O. The van der Waals surface area contributed by atoms with Crippen LogP contribution in [0.5, 0.6) is 0 Å². The first-order chi connectivity index (χ1) is 8.58. The summed E-state index contributed by atoms with van der Waals surface area (Å²) in [5.41, 5.74) is 0.614. The number of rotatable bonds is 6. The summed E-state index contributed by atoms with van der Waals surface area (Å²) < 4.78 is 6.63. The maximum Gasteiger partial charge on any atom is 0.162 e. The summed E-state index contributed by atoms with van der Waals surface area (Å²) in [4.78, 5) is 9.25. The van der Waals surface area contributed by atoms with Crippen LogP contribution in [-0.4, -0.2) is 24.1 Å². The molecular weight excluding hydrogens is 294 g/mol. The van der Waals surface area contributed by atoms with Gasteiger partial charge in [0.2, 0.25) is 0 Å². The lowest BCUT2D eigenvalue weighted by Gasteiger charge is -2.29. The molecule has 0 saturated carbocycles. The lowest BCUT2D eigenvalue weighted by atomic mass is 9.96. The first-order valence-corrected chi connectivity index (χ1v) is 7.17. The third-order valence-electron chi connectivity index (χ3n) is 3.43. The van der Waals surface area contributed by atoms with Gasteiger partial charge in [-0.05, 0) is 35.2 Å². The summed E-state index contributed by atoms with van der Waals surface area (Å²) in [7, 11) is 3.59. The highest BCUT2D eigenvalue weighted by Crippen LogP contribution is 2.33. The molecule has 0 aromatic carbocycles. The van der Waals surface area contributed by atoms with E-state index in [4.69, 9.17) is 4.74 Å². The molecule has 0 fully saturated rings. The van der Waals surface area contributed by atoms with Crippen LogP contribution in [-0.2, 0) is 16.8 Å². The Labute approximate surface area is 118 Å². The summed E-state index contributed by atoms with van der Waals surface area (Å²) in [5.74, 6) is 1.58. The molecule has 102 valence electrons. The Hall–Kier alpha value is -0.680. The minimum atomic E-state index is -0.393. The molecule has 1 aromatic heterocycles. The Bertz CT molecular complexity index is 372. The number of halogens is 1. The van der Waals surface area contributed by atoms with Gasteiger partial charge in [0.05, 0.1) is 10.2 Å². The Morgan fingerprint density at radius 2 is 1.83 bits per heavy atom. The van der Waals surface area contributed by atoms with E-state index in [0.29, 0.717) is 0 Å². The van der Waals surface area contributed by atoms with Crippen molar-refractivity contribution < 1.29 is 4.74 Å². The second-order valence-corrected chi connectivity index (χ2v) is 4.96. The summed E-state index contributed by atoms with van der Waals surface area (Å²) >= 11 is 3.54. The Balaban J connectivity index is 3.40. The number of anilines is 1. The van der Waals surface area contributed by atoms with Crippen molar-refractivity contribution in [3.8, 4) is 0 Å². The van der Waals surface area contributed by atoms with E-state index in [1.54, 1.807) is 7.11 Å². The molecule has 5 heteroatoms. The number of ether oxygens (including phenoxy) is 1. The van der Waals surface area contributed by atoms with Crippen LogP contribution in [0, 0.1) is 0 Å². The standard InChI is InChI=1S/C13H22BrN3O/c1-6-9-10(14)11(15-4)17-12(16-9)13(7-2,8-3)18-5/h6-8H2,1-5H3,(H,15,16,17). The third-order valence-corrected chi connectivity index (χ3v) is 4.27. The van der Waals surface area contributed by atoms with Gasteiger partial charge in [-0.15, -0.1) is 0 Å². The Morgan fingerprint density at radius 3 is 2.22 bits per heavy atom. The zero-order valence-corrected chi connectivity index (χ0v) is 13.4. The van der Waals surface area contributed by atoms with Crippen molar-refractivity contribution >= 4 is 21.7 Å². The van der Waals surface area contributed by atoms with Gasteiger partial charge in [0, 0.05) is 14.2 Å². The highest BCUT2D eigenvalue weighted by molar-refractivity contribution is 9.10. The minimum absolute atomic E-state index is 0.393. The number of nitrogens with one attached hydrogen (secondary N) is 1. The summed E-state index contributed by atoms with van der Waals surface area (Å²) in [5, 5.41) is 3.10. The third kappa shape index (κ3) is 2.67. The Kier molecular flexibility index (Phi) is 5.53. The van der Waals surface area contributed by atoms with Crippen LogP contribution >= 0.6 is 15.9 Å². The largest absolute Gasteiger partial charge is 0.372 e. The van der Waals surface area contributed by atoms with Gasteiger partial charge >= 0.3 is 0 Å². The number of methoxy groups -OCH3 is 1. The second kappa shape index (κ2) is 6.48. The first-order valence-electron chi connectivity index (χ1n) is 6.38. The van der Waals surface area contributed by atoms with Gasteiger partial charge in [-0.2, -0.15) is 0 Å². The Morgan fingerprint density at radius 1 is 1.22 bits per heavy atom. The summed E-state index contributed by atoms with van der Waals surface area (Å²) in [6.45, 7) is 6.29. The molecule has 1 heterocycles. The van der Waals surface area contributed by atoms with Crippen molar-refractivity contribution in [3.63, 3.8) is 0 Å². The molecule has 0 aliphatic rings. The van der Waals surface area contributed by atoms with E-state index in [9.17, 15) is 0 Å². The molecule has 0 bridgehead atoms. The van der Waals surface area contributed by atoms with E-state index in [0.717, 1.165) is 41.1 Å². The number of hydrogen-bond donors (Lipinski definition) is 1. The van der Waals surface area contributed by atoms with Crippen LogP contribution in [0.3, 0.4) is 0 Å². The molecule has 1 rings (SSSR count). The fraction of sp³-hybridized carbons (Fsp3) is 0.692. The van der Waals surface area contributed by atoms with Gasteiger partial charge in [0.1, 0.15) is 11.4 Å². The molecule has 0 saturated heterocycles. The van der Waals surface area contributed by atoms with E-state index in [2.05, 4.69) is 52.0 Å².